The van der Waals surface area contributed by atoms with Gasteiger partial charge in [-0.15, -0.1) is 0 Å². The van der Waals surface area contributed by atoms with Crippen molar-refractivity contribution in [3.05, 3.63) is 127 Å². The third kappa shape index (κ3) is 2.85. The summed E-state index contributed by atoms with van der Waals surface area (Å²) < 4.78 is 0. The van der Waals surface area contributed by atoms with Gasteiger partial charge in [-0.05, 0) is 64.9 Å². The predicted molar refractivity (Wildman–Crippen MR) is 145 cm³/mol. The molecule has 2 aliphatic rings. The Kier molecular flexibility index (Phi) is 4.31. The summed E-state index contributed by atoms with van der Waals surface area (Å²) in [7, 11) is 0. The SMILES string of the molecule is N#Cc1cc2c3c(c1)N(c1ccccc1)c1ccccc1B3c1ccccc1N2c1ccccc1. The zero-order chi connectivity index (χ0) is 23.4. The Morgan fingerprint density at radius 3 is 1.40 bits per heavy atom. The molecule has 4 heteroatoms. The van der Waals surface area contributed by atoms with Gasteiger partial charge in [0.05, 0.1) is 11.6 Å². The molecule has 0 aromatic heterocycles. The van der Waals surface area contributed by atoms with E-state index >= 15 is 0 Å². The van der Waals surface area contributed by atoms with Crippen molar-refractivity contribution in [3.63, 3.8) is 0 Å². The van der Waals surface area contributed by atoms with Crippen LogP contribution in [0.5, 0.6) is 0 Å². The van der Waals surface area contributed by atoms with E-state index in [1.165, 1.54) is 16.4 Å². The zero-order valence-electron chi connectivity index (χ0n) is 19.0. The molecule has 0 amide bonds. The van der Waals surface area contributed by atoms with Crippen LogP contribution in [0, 0.1) is 11.3 Å². The van der Waals surface area contributed by atoms with E-state index in [9.17, 15) is 5.26 Å². The highest BCUT2D eigenvalue weighted by atomic mass is 15.2. The highest BCUT2D eigenvalue weighted by Crippen LogP contribution is 2.43. The van der Waals surface area contributed by atoms with E-state index in [1.54, 1.807) is 0 Å². The van der Waals surface area contributed by atoms with Gasteiger partial charge < -0.3 is 9.80 Å². The topological polar surface area (TPSA) is 30.3 Å². The maximum absolute atomic E-state index is 10.1. The quantitative estimate of drug-likeness (QED) is 0.323. The molecule has 0 saturated carbocycles. The van der Waals surface area contributed by atoms with E-state index < -0.39 is 0 Å². The van der Waals surface area contributed by atoms with Crippen LogP contribution in [0.3, 0.4) is 0 Å². The predicted octanol–water partition coefficient (Wildman–Crippen LogP) is 5.64. The molecule has 7 rings (SSSR count). The van der Waals surface area contributed by atoms with Gasteiger partial charge in [-0.1, -0.05) is 72.8 Å². The number of hydrogen-bond acceptors (Lipinski definition) is 3. The van der Waals surface area contributed by atoms with Crippen LogP contribution in [0.2, 0.25) is 0 Å². The molecule has 0 N–H and O–H groups in total. The second kappa shape index (κ2) is 7.65. The minimum absolute atomic E-state index is 0.0834. The first-order chi connectivity index (χ1) is 17.3. The van der Waals surface area contributed by atoms with Crippen molar-refractivity contribution in [1.29, 1.82) is 5.26 Å². The maximum atomic E-state index is 10.1. The normalized spacial score (nSPS) is 12.9. The minimum Gasteiger partial charge on any atom is -0.311 e. The molecule has 3 nitrogen and oxygen atoms in total. The lowest BCUT2D eigenvalue weighted by Gasteiger charge is -2.44. The molecule has 0 bridgehead atoms. The average Bonchev–Trinajstić information content (AvgIpc) is 2.93. The van der Waals surface area contributed by atoms with Crippen molar-refractivity contribution in [2.75, 3.05) is 9.80 Å². The van der Waals surface area contributed by atoms with E-state index in [4.69, 9.17) is 0 Å². The van der Waals surface area contributed by atoms with E-state index in [-0.39, 0.29) is 6.71 Å². The van der Waals surface area contributed by atoms with Crippen molar-refractivity contribution >= 4 is 57.2 Å². The third-order valence-electron chi connectivity index (χ3n) is 7.04. The van der Waals surface area contributed by atoms with Crippen LogP contribution in [0.15, 0.2) is 121 Å². The van der Waals surface area contributed by atoms with Crippen LogP contribution in [0.4, 0.5) is 34.1 Å². The Hall–Kier alpha value is -4.75. The Labute approximate surface area is 205 Å². The van der Waals surface area contributed by atoms with Crippen molar-refractivity contribution < 1.29 is 0 Å². The van der Waals surface area contributed by atoms with Gasteiger partial charge >= 0.3 is 0 Å². The first-order valence-electron chi connectivity index (χ1n) is 11.8. The zero-order valence-corrected chi connectivity index (χ0v) is 19.0. The van der Waals surface area contributed by atoms with E-state index in [0.717, 1.165) is 34.1 Å². The molecule has 5 aromatic rings. The molecule has 0 radical (unpaired) electrons. The lowest BCUT2D eigenvalue weighted by atomic mass is 9.33. The number of anilines is 6. The number of nitriles is 1. The summed E-state index contributed by atoms with van der Waals surface area (Å²) in [4.78, 5) is 4.62. The number of hydrogen-bond donors (Lipinski definition) is 0. The number of benzene rings is 5. The number of para-hydroxylation sites is 4. The van der Waals surface area contributed by atoms with Crippen LogP contribution in [-0.2, 0) is 0 Å². The first-order valence-corrected chi connectivity index (χ1v) is 11.8. The minimum atomic E-state index is 0.0834. The van der Waals surface area contributed by atoms with Crippen molar-refractivity contribution in [2.24, 2.45) is 0 Å². The second-order valence-corrected chi connectivity index (χ2v) is 8.93. The highest BCUT2D eigenvalue weighted by molar-refractivity contribution is 7.00. The third-order valence-corrected chi connectivity index (χ3v) is 7.04. The molecule has 0 unspecified atom stereocenters. The molecule has 0 fully saturated rings. The number of nitrogens with zero attached hydrogens (tertiary/aromatic N) is 3. The van der Waals surface area contributed by atoms with Gasteiger partial charge in [-0.25, -0.2) is 0 Å². The fraction of sp³-hybridized carbons (Fsp3) is 0. The van der Waals surface area contributed by atoms with Gasteiger partial charge in [0.1, 0.15) is 0 Å². The molecule has 0 saturated heterocycles. The monoisotopic (exact) mass is 445 g/mol. The molecule has 5 aromatic carbocycles. The standard InChI is InChI=1S/C31H20BN3/c33-21-22-19-29-31-30(20-22)35(24-13-5-2-6-14-24)28-18-10-8-16-26(28)32(31)25-15-7-9-17-27(25)34(29)23-11-3-1-4-12-23/h1-20H. The van der Waals surface area contributed by atoms with Gasteiger partial charge in [-0.3, -0.25) is 0 Å². The Balaban J connectivity index is 1.62. The van der Waals surface area contributed by atoms with E-state index in [1.807, 2.05) is 24.3 Å². The molecule has 162 valence electrons. The second-order valence-electron chi connectivity index (χ2n) is 8.93. The Morgan fingerprint density at radius 2 is 0.943 bits per heavy atom. The number of fused-ring (bicyclic) bond motifs is 4. The van der Waals surface area contributed by atoms with Gasteiger partial charge in [0.15, 0.2) is 0 Å². The molecule has 2 aliphatic heterocycles. The maximum Gasteiger partial charge on any atom is 0.252 e. The van der Waals surface area contributed by atoms with Crippen LogP contribution < -0.4 is 26.2 Å². The molecule has 0 spiro atoms. The smallest absolute Gasteiger partial charge is 0.252 e. The first kappa shape index (κ1) is 19.7. The van der Waals surface area contributed by atoms with Gasteiger partial charge in [0, 0.05) is 34.1 Å². The molecule has 0 aliphatic carbocycles. The summed E-state index contributed by atoms with van der Waals surface area (Å²) in [6.45, 7) is 0.0834. The molecule has 2 heterocycles. The summed E-state index contributed by atoms with van der Waals surface area (Å²) in [5, 5.41) is 10.1. The fourth-order valence-electron chi connectivity index (χ4n) is 5.67. The molecular formula is C31H20BN3. The number of rotatable bonds is 2. The fourth-order valence-corrected chi connectivity index (χ4v) is 5.67. The van der Waals surface area contributed by atoms with Gasteiger partial charge in [-0.2, -0.15) is 5.26 Å². The lowest BCUT2D eigenvalue weighted by Crippen LogP contribution is -2.61. The van der Waals surface area contributed by atoms with Gasteiger partial charge in [0.2, 0.25) is 0 Å². The van der Waals surface area contributed by atoms with E-state index in [0.29, 0.717) is 5.56 Å². The summed E-state index contributed by atoms with van der Waals surface area (Å²) in [5.41, 5.74) is 11.0. The summed E-state index contributed by atoms with van der Waals surface area (Å²) in [5.74, 6) is 0. The summed E-state index contributed by atoms with van der Waals surface area (Å²) in [6.07, 6.45) is 0. The van der Waals surface area contributed by atoms with Crippen LogP contribution in [0.25, 0.3) is 0 Å². The highest BCUT2D eigenvalue weighted by Gasteiger charge is 2.43. The Bertz CT molecular complexity index is 1510. The van der Waals surface area contributed by atoms with Gasteiger partial charge in [0.25, 0.3) is 6.71 Å². The van der Waals surface area contributed by atoms with E-state index in [2.05, 4.69) is 113 Å². The summed E-state index contributed by atoms with van der Waals surface area (Å²) in [6, 6.07) is 44.7. The lowest BCUT2D eigenvalue weighted by molar-refractivity contribution is 1.25. The summed E-state index contributed by atoms with van der Waals surface area (Å²) >= 11 is 0. The van der Waals surface area contributed by atoms with Crippen LogP contribution in [0.1, 0.15) is 5.56 Å². The van der Waals surface area contributed by atoms with Crippen molar-refractivity contribution in [3.8, 4) is 6.07 Å². The molecule has 0 atom stereocenters. The average molecular weight is 445 g/mol. The van der Waals surface area contributed by atoms with Crippen molar-refractivity contribution in [1.82, 2.24) is 0 Å². The van der Waals surface area contributed by atoms with Crippen LogP contribution >= 0.6 is 0 Å². The van der Waals surface area contributed by atoms with Crippen molar-refractivity contribution in [2.45, 2.75) is 0 Å². The molecular weight excluding hydrogens is 425 g/mol. The largest absolute Gasteiger partial charge is 0.311 e. The van der Waals surface area contributed by atoms with Crippen LogP contribution in [-0.4, -0.2) is 6.71 Å². The Morgan fingerprint density at radius 1 is 0.514 bits per heavy atom. The molecule has 35 heavy (non-hydrogen) atoms.